The average molecular weight is 388 g/mol. The van der Waals surface area contributed by atoms with E-state index in [2.05, 4.69) is 23.3 Å². The topological polar surface area (TPSA) is 101 Å². The lowest BCUT2D eigenvalue weighted by atomic mass is 10.0. The van der Waals surface area contributed by atoms with Gasteiger partial charge < -0.3 is 11.1 Å². The number of hydrogen-bond donors (Lipinski definition) is 4. The van der Waals surface area contributed by atoms with Crippen LogP contribution in [0, 0.1) is 5.92 Å². The molecule has 0 saturated heterocycles. The van der Waals surface area contributed by atoms with E-state index in [0.29, 0.717) is 0 Å². The van der Waals surface area contributed by atoms with Gasteiger partial charge in [0.2, 0.25) is 17.7 Å². The minimum absolute atomic E-state index is 0.0612. The van der Waals surface area contributed by atoms with Crippen molar-refractivity contribution in [3.8, 4) is 0 Å². The third-order valence-electron chi connectivity index (χ3n) is 4.28. The van der Waals surface area contributed by atoms with Gasteiger partial charge in [0.15, 0.2) is 0 Å². The van der Waals surface area contributed by atoms with Crippen LogP contribution in [0.1, 0.15) is 19.4 Å². The zero-order valence-electron chi connectivity index (χ0n) is 15.4. The number of carbonyl (C=O) groups is 3. The molecule has 6 nitrogen and oxygen atoms in total. The van der Waals surface area contributed by atoms with Gasteiger partial charge in [-0.05, 0) is 22.3 Å². The predicted octanol–water partition coefficient (Wildman–Crippen LogP) is 1.42. The lowest BCUT2D eigenvalue weighted by Crippen LogP contribution is -2.54. The molecule has 144 valence electrons. The molecular weight excluding hydrogens is 362 g/mol. The van der Waals surface area contributed by atoms with E-state index in [1.807, 2.05) is 56.3 Å². The van der Waals surface area contributed by atoms with E-state index in [1.54, 1.807) is 0 Å². The molecule has 0 aliphatic carbocycles. The Balaban J connectivity index is 1.96. The highest BCUT2D eigenvalue weighted by Crippen LogP contribution is 2.15. The fourth-order valence-electron chi connectivity index (χ4n) is 2.57. The van der Waals surface area contributed by atoms with Gasteiger partial charge in [-0.25, -0.2) is 0 Å². The molecular formula is C20H25N3O3S. The highest BCUT2D eigenvalue weighted by atomic mass is 32.1. The number of nitrogens with one attached hydrogen (secondary N) is 2. The van der Waals surface area contributed by atoms with Gasteiger partial charge in [0.1, 0.15) is 6.04 Å². The van der Waals surface area contributed by atoms with Gasteiger partial charge in [-0.1, -0.05) is 56.3 Å². The van der Waals surface area contributed by atoms with Crippen molar-refractivity contribution < 1.29 is 14.4 Å². The quantitative estimate of drug-likeness (QED) is 0.540. The summed E-state index contributed by atoms with van der Waals surface area (Å²) < 4.78 is 0. The van der Waals surface area contributed by atoms with E-state index >= 15 is 0 Å². The fraction of sp³-hybridized carbons (Fsp3) is 0.350. The second-order valence-electron chi connectivity index (χ2n) is 6.78. The zero-order chi connectivity index (χ0) is 20.0. The summed E-state index contributed by atoms with van der Waals surface area (Å²) in [5.74, 6) is -1.49. The third-order valence-corrected chi connectivity index (χ3v) is 4.64. The van der Waals surface area contributed by atoms with Crippen LogP contribution < -0.4 is 16.4 Å². The molecule has 2 aromatic rings. The highest BCUT2D eigenvalue weighted by molar-refractivity contribution is 7.80. The summed E-state index contributed by atoms with van der Waals surface area (Å²) in [6.45, 7) is 3.63. The van der Waals surface area contributed by atoms with E-state index in [-0.39, 0.29) is 18.1 Å². The lowest BCUT2D eigenvalue weighted by Gasteiger charge is -2.20. The maximum absolute atomic E-state index is 12.3. The molecule has 0 radical (unpaired) electrons. The van der Waals surface area contributed by atoms with Gasteiger partial charge in [0.25, 0.3) is 0 Å². The molecule has 2 unspecified atom stereocenters. The first-order valence-electron chi connectivity index (χ1n) is 8.80. The number of nitrogens with two attached hydrogens (primary N) is 1. The first-order chi connectivity index (χ1) is 12.8. The van der Waals surface area contributed by atoms with Gasteiger partial charge in [-0.3, -0.25) is 19.7 Å². The van der Waals surface area contributed by atoms with Gasteiger partial charge in [-0.15, -0.1) is 0 Å². The number of amides is 3. The maximum atomic E-state index is 12.3. The van der Waals surface area contributed by atoms with Crippen molar-refractivity contribution in [2.24, 2.45) is 11.7 Å². The van der Waals surface area contributed by atoms with E-state index in [0.717, 1.165) is 16.3 Å². The molecule has 0 bridgehead atoms. The van der Waals surface area contributed by atoms with E-state index < -0.39 is 29.8 Å². The summed E-state index contributed by atoms with van der Waals surface area (Å²) in [6, 6.07) is 11.9. The molecule has 0 heterocycles. The second kappa shape index (κ2) is 9.53. The normalized spacial score (nSPS) is 13.2. The Kier molecular flexibility index (Phi) is 7.38. The molecule has 2 atom stereocenters. The minimum Gasteiger partial charge on any atom is -0.342 e. The van der Waals surface area contributed by atoms with Crippen molar-refractivity contribution in [2.75, 3.05) is 5.75 Å². The molecule has 27 heavy (non-hydrogen) atoms. The Bertz CT molecular complexity index is 838. The number of benzene rings is 2. The molecule has 0 spiro atoms. The van der Waals surface area contributed by atoms with Crippen LogP contribution in [0.4, 0.5) is 0 Å². The van der Waals surface area contributed by atoms with Crippen LogP contribution >= 0.6 is 12.6 Å². The third kappa shape index (κ3) is 5.80. The standard InChI is InChI=1S/C20H25N3O3S/c1-12(2)18(21)20(26)22-16(11-27)19(25)23-17(24)10-13-7-8-14-5-3-4-6-15(14)9-13/h3-9,12,16,18,27H,10-11,21H2,1-2H3,(H,22,26)(H,23,24,25). The van der Waals surface area contributed by atoms with Crippen LogP contribution in [-0.2, 0) is 20.8 Å². The van der Waals surface area contributed by atoms with Crippen molar-refractivity contribution in [2.45, 2.75) is 32.4 Å². The molecule has 0 fully saturated rings. The molecule has 0 aliphatic heterocycles. The average Bonchev–Trinajstić information content (AvgIpc) is 2.64. The van der Waals surface area contributed by atoms with Crippen molar-refractivity contribution in [3.05, 3.63) is 48.0 Å². The molecule has 0 saturated carbocycles. The monoisotopic (exact) mass is 387 g/mol. The molecule has 2 rings (SSSR count). The van der Waals surface area contributed by atoms with E-state index in [4.69, 9.17) is 5.73 Å². The first kappa shape index (κ1) is 20.9. The number of fused-ring (bicyclic) bond motifs is 1. The van der Waals surface area contributed by atoms with E-state index in [9.17, 15) is 14.4 Å². The summed E-state index contributed by atoms with van der Waals surface area (Å²) in [4.78, 5) is 36.5. The fourth-order valence-corrected chi connectivity index (χ4v) is 2.82. The molecule has 3 amide bonds. The predicted molar refractivity (Wildman–Crippen MR) is 109 cm³/mol. The molecule has 0 aromatic heterocycles. The summed E-state index contributed by atoms with van der Waals surface area (Å²) in [6.07, 6.45) is 0.0648. The van der Waals surface area contributed by atoms with Crippen LogP contribution in [-0.4, -0.2) is 35.6 Å². The summed E-state index contributed by atoms with van der Waals surface area (Å²) in [5.41, 5.74) is 6.57. The van der Waals surface area contributed by atoms with Gasteiger partial charge in [0, 0.05) is 5.75 Å². The Morgan fingerprint density at radius 3 is 2.33 bits per heavy atom. The molecule has 7 heteroatoms. The van der Waals surface area contributed by atoms with Crippen LogP contribution in [0.3, 0.4) is 0 Å². The highest BCUT2D eigenvalue weighted by Gasteiger charge is 2.25. The Labute approximate surface area is 164 Å². The number of imide groups is 1. The van der Waals surface area contributed by atoms with Crippen molar-refractivity contribution >= 4 is 41.1 Å². The van der Waals surface area contributed by atoms with Crippen LogP contribution in [0.15, 0.2) is 42.5 Å². The molecule has 0 aliphatic rings. The number of rotatable bonds is 7. The van der Waals surface area contributed by atoms with Gasteiger partial charge in [0.05, 0.1) is 12.5 Å². The number of thiol groups is 1. The first-order valence-corrected chi connectivity index (χ1v) is 9.43. The molecule has 4 N–H and O–H groups in total. The van der Waals surface area contributed by atoms with Gasteiger partial charge >= 0.3 is 0 Å². The Morgan fingerprint density at radius 2 is 1.70 bits per heavy atom. The van der Waals surface area contributed by atoms with Gasteiger partial charge in [-0.2, -0.15) is 12.6 Å². The summed E-state index contributed by atoms with van der Waals surface area (Å²) in [5, 5.41) is 6.96. The Morgan fingerprint density at radius 1 is 1.04 bits per heavy atom. The largest absolute Gasteiger partial charge is 0.342 e. The van der Waals surface area contributed by atoms with Crippen molar-refractivity contribution in [3.63, 3.8) is 0 Å². The van der Waals surface area contributed by atoms with Crippen molar-refractivity contribution in [1.82, 2.24) is 10.6 Å². The van der Waals surface area contributed by atoms with Crippen molar-refractivity contribution in [1.29, 1.82) is 0 Å². The second-order valence-corrected chi connectivity index (χ2v) is 7.15. The zero-order valence-corrected chi connectivity index (χ0v) is 16.3. The summed E-state index contributed by atoms with van der Waals surface area (Å²) >= 11 is 4.08. The van der Waals surface area contributed by atoms with E-state index in [1.165, 1.54) is 0 Å². The van der Waals surface area contributed by atoms with Crippen LogP contribution in [0.2, 0.25) is 0 Å². The molecule has 2 aromatic carbocycles. The number of hydrogen-bond acceptors (Lipinski definition) is 5. The van der Waals surface area contributed by atoms with Crippen LogP contribution in [0.25, 0.3) is 10.8 Å². The minimum atomic E-state index is -0.925. The summed E-state index contributed by atoms with van der Waals surface area (Å²) in [7, 11) is 0. The number of carbonyl (C=O) groups excluding carboxylic acids is 3. The Hall–Kier alpha value is -2.38. The van der Waals surface area contributed by atoms with Crippen LogP contribution in [0.5, 0.6) is 0 Å². The SMILES string of the molecule is CC(C)C(N)C(=O)NC(CS)C(=O)NC(=O)Cc1ccc2ccccc2c1. The lowest BCUT2D eigenvalue weighted by molar-refractivity contribution is -0.134. The maximum Gasteiger partial charge on any atom is 0.249 e. The smallest absolute Gasteiger partial charge is 0.249 e.